The summed E-state index contributed by atoms with van der Waals surface area (Å²) < 4.78 is 34.9. The maximum Gasteiger partial charge on any atom is 0.240 e. The van der Waals surface area contributed by atoms with Gasteiger partial charge in [-0.3, -0.25) is 0 Å². The zero-order chi connectivity index (χ0) is 22.0. The van der Waals surface area contributed by atoms with Gasteiger partial charge in [0, 0.05) is 18.2 Å². The molecule has 0 saturated heterocycles. The molecule has 4 aromatic rings. The number of rotatable bonds is 7. The van der Waals surface area contributed by atoms with Gasteiger partial charge in [-0.05, 0) is 49.2 Å². The highest BCUT2D eigenvalue weighted by atomic mass is 35.5. The molecule has 0 spiro atoms. The number of nitrogens with zero attached hydrogens (tertiary/aromatic N) is 4. The molecule has 0 atom stereocenters. The summed E-state index contributed by atoms with van der Waals surface area (Å²) in [5.41, 5.74) is 2.80. The number of hydrogen-bond donors (Lipinski definition) is 1. The van der Waals surface area contributed by atoms with Crippen LogP contribution in [-0.2, 0) is 10.0 Å². The Labute approximate surface area is 184 Å². The lowest BCUT2D eigenvalue weighted by Crippen LogP contribution is -2.29. The average molecular weight is 458 g/mol. The van der Waals surface area contributed by atoms with Crippen LogP contribution < -0.4 is 9.46 Å². The predicted octanol–water partition coefficient (Wildman–Crippen LogP) is 3.42. The summed E-state index contributed by atoms with van der Waals surface area (Å²) in [6.45, 7) is 3.81. The van der Waals surface area contributed by atoms with Crippen molar-refractivity contribution < 1.29 is 13.2 Å². The molecule has 2 heterocycles. The minimum absolute atomic E-state index is 0.0922. The maximum atomic E-state index is 12.6. The van der Waals surface area contributed by atoms with Crippen molar-refractivity contribution in [2.45, 2.75) is 18.7 Å². The Hall–Kier alpha value is -3.01. The van der Waals surface area contributed by atoms with Crippen molar-refractivity contribution >= 4 is 27.3 Å². The summed E-state index contributed by atoms with van der Waals surface area (Å²) in [7, 11) is -3.63. The molecule has 31 heavy (non-hydrogen) atoms. The maximum absolute atomic E-state index is 12.6. The highest BCUT2D eigenvalue weighted by Gasteiger charge is 2.17. The Kier molecular flexibility index (Phi) is 5.90. The monoisotopic (exact) mass is 457 g/mol. The number of benzene rings is 2. The smallest absolute Gasteiger partial charge is 0.240 e. The number of ether oxygens (including phenoxy) is 1. The standard InChI is InChI=1S/C21H20ClN5O3S/c1-14-7-8-15(2)18(13-14)31(28,29)23-11-12-30-20-10-9-19-24-25-21(27(19)26-20)16-5-3-4-6-17(16)22/h3-10,13,23H,11-12H2,1-2H3. The van der Waals surface area contributed by atoms with Gasteiger partial charge < -0.3 is 4.74 Å². The molecule has 0 unspecified atom stereocenters. The van der Waals surface area contributed by atoms with E-state index >= 15 is 0 Å². The minimum Gasteiger partial charge on any atom is -0.475 e. The van der Waals surface area contributed by atoms with Crippen LogP contribution in [0.3, 0.4) is 0 Å². The summed E-state index contributed by atoms with van der Waals surface area (Å²) >= 11 is 6.27. The topological polar surface area (TPSA) is 98.5 Å². The van der Waals surface area contributed by atoms with Crippen LogP contribution in [0.5, 0.6) is 5.88 Å². The zero-order valence-electron chi connectivity index (χ0n) is 16.9. The highest BCUT2D eigenvalue weighted by Crippen LogP contribution is 2.26. The van der Waals surface area contributed by atoms with Gasteiger partial charge in [0.05, 0.1) is 9.92 Å². The third kappa shape index (κ3) is 4.53. The van der Waals surface area contributed by atoms with Gasteiger partial charge in [-0.25, -0.2) is 13.1 Å². The van der Waals surface area contributed by atoms with Crippen LogP contribution in [0.2, 0.25) is 5.02 Å². The second kappa shape index (κ2) is 8.62. The molecule has 0 aliphatic rings. The Morgan fingerprint density at radius 3 is 2.68 bits per heavy atom. The van der Waals surface area contributed by atoms with Crippen molar-refractivity contribution in [3.63, 3.8) is 0 Å². The van der Waals surface area contributed by atoms with Crippen molar-refractivity contribution in [2.75, 3.05) is 13.2 Å². The van der Waals surface area contributed by atoms with Crippen molar-refractivity contribution in [1.82, 2.24) is 24.5 Å². The minimum atomic E-state index is -3.63. The van der Waals surface area contributed by atoms with Gasteiger partial charge in [0.15, 0.2) is 11.5 Å². The van der Waals surface area contributed by atoms with Crippen LogP contribution in [0.25, 0.3) is 17.0 Å². The molecule has 0 amide bonds. The fourth-order valence-electron chi connectivity index (χ4n) is 3.07. The van der Waals surface area contributed by atoms with Crippen molar-refractivity contribution in [3.05, 3.63) is 70.7 Å². The fraction of sp³-hybridized carbons (Fsp3) is 0.190. The number of hydrogen-bond acceptors (Lipinski definition) is 6. The molecular formula is C21H20ClN5O3S. The van der Waals surface area contributed by atoms with E-state index in [1.54, 1.807) is 37.3 Å². The molecular weight excluding hydrogens is 438 g/mol. The van der Waals surface area contributed by atoms with Gasteiger partial charge in [0.2, 0.25) is 15.9 Å². The van der Waals surface area contributed by atoms with E-state index in [4.69, 9.17) is 16.3 Å². The van der Waals surface area contributed by atoms with E-state index in [9.17, 15) is 8.42 Å². The molecule has 1 N–H and O–H groups in total. The normalized spacial score (nSPS) is 11.7. The van der Waals surface area contributed by atoms with Gasteiger partial charge in [-0.2, -0.15) is 4.52 Å². The summed E-state index contributed by atoms with van der Waals surface area (Å²) in [5.74, 6) is 0.799. The van der Waals surface area contributed by atoms with E-state index in [1.807, 2.05) is 31.2 Å². The van der Waals surface area contributed by atoms with Crippen LogP contribution in [-0.4, -0.2) is 41.4 Å². The molecule has 2 aromatic heterocycles. The van der Waals surface area contributed by atoms with Gasteiger partial charge in [-0.15, -0.1) is 15.3 Å². The van der Waals surface area contributed by atoms with Gasteiger partial charge >= 0.3 is 0 Å². The molecule has 2 aromatic carbocycles. The molecule has 0 saturated carbocycles. The van der Waals surface area contributed by atoms with Crippen LogP contribution in [0.15, 0.2) is 59.5 Å². The lowest BCUT2D eigenvalue weighted by atomic mass is 10.2. The Balaban J connectivity index is 1.46. The summed E-state index contributed by atoms with van der Waals surface area (Å²) in [6, 6.07) is 16.0. The van der Waals surface area contributed by atoms with Crippen molar-refractivity contribution in [3.8, 4) is 17.3 Å². The first kappa shape index (κ1) is 21.2. The van der Waals surface area contributed by atoms with Gasteiger partial charge in [0.1, 0.15) is 6.61 Å². The third-order valence-corrected chi connectivity index (χ3v) is 6.56. The van der Waals surface area contributed by atoms with E-state index in [0.29, 0.717) is 33.5 Å². The van der Waals surface area contributed by atoms with E-state index in [1.165, 1.54) is 4.52 Å². The highest BCUT2D eigenvalue weighted by molar-refractivity contribution is 7.89. The van der Waals surface area contributed by atoms with Gasteiger partial charge in [0.25, 0.3) is 0 Å². The third-order valence-electron chi connectivity index (χ3n) is 4.63. The van der Waals surface area contributed by atoms with Crippen LogP contribution in [0, 0.1) is 13.8 Å². The first-order chi connectivity index (χ1) is 14.8. The number of fused-ring (bicyclic) bond motifs is 1. The number of aryl methyl sites for hydroxylation is 2. The number of sulfonamides is 1. The molecule has 0 bridgehead atoms. The molecule has 0 fully saturated rings. The molecule has 160 valence electrons. The predicted molar refractivity (Wildman–Crippen MR) is 118 cm³/mol. The summed E-state index contributed by atoms with van der Waals surface area (Å²) in [6.07, 6.45) is 0. The number of nitrogens with one attached hydrogen (secondary N) is 1. The van der Waals surface area contributed by atoms with Crippen LogP contribution in [0.4, 0.5) is 0 Å². The first-order valence-corrected chi connectivity index (χ1v) is 11.4. The van der Waals surface area contributed by atoms with Crippen LogP contribution >= 0.6 is 11.6 Å². The van der Waals surface area contributed by atoms with E-state index in [2.05, 4.69) is 20.0 Å². The van der Waals surface area contributed by atoms with Crippen molar-refractivity contribution in [1.29, 1.82) is 0 Å². The first-order valence-electron chi connectivity index (χ1n) is 9.52. The van der Waals surface area contributed by atoms with E-state index in [-0.39, 0.29) is 18.0 Å². The summed E-state index contributed by atoms with van der Waals surface area (Å²) in [5, 5.41) is 13.2. The Morgan fingerprint density at radius 1 is 1.06 bits per heavy atom. The van der Waals surface area contributed by atoms with Gasteiger partial charge in [-0.1, -0.05) is 35.9 Å². The molecule has 0 aliphatic carbocycles. The lowest BCUT2D eigenvalue weighted by molar-refractivity contribution is 0.306. The fourth-order valence-corrected chi connectivity index (χ4v) is 4.63. The number of halogens is 1. The summed E-state index contributed by atoms with van der Waals surface area (Å²) in [4.78, 5) is 0.265. The second-order valence-corrected chi connectivity index (χ2v) is 9.10. The quantitative estimate of drug-likeness (QED) is 0.427. The molecule has 0 aliphatic heterocycles. The largest absolute Gasteiger partial charge is 0.475 e. The Morgan fingerprint density at radius 2 is 1.87 bits per heavy atom. The average Bonchev–Trinajstić information content (AvgIpc) is 3.16. The Bertz CT molecular complexity index is 1350. The SMILES string of the molecule is Cc1ccc(C)c(S(=O)(=O)NCCOc2ccc3nnc(-c4ccccc4Cl)n3n2)c1. The molecule has 10 heteroatoms. The molecule has 8 nitrogen and oxygen atoms in total. The number of aromatic nitrogens is 4. The lowest BCUT2D eigenvalue weighted by Gasteiger charge is -2.11. The van der Waals surface area contributed by atoms with Crippen LogP contribution in [0.1, 0.15) is 11.1 Å². The second-order valence-electron chi connectivity index (χ2n) is 6.96. The molecule has 0 radical (unpaired) electrons. The van der Waals surface area contributed by atoms with Crippen molar-refractivity contribution in [2.24, 2.45) is 0 Å². The molecule has 4 rings (SSSR count). The zero-order valence-corrected chi connectivity index (χ0v) is 18.5. The van der Waals surface area contributed by atoms with E-state index < -0.39 is 10.0 Å². The van der Waals surface area contributed by atoms with E-state index in [0.717, 1.165) is 5.56 Å².